The van der Waals surface area contributed by atoms with Crippen LogP contribution < -0.4 is 14.8 Å². The number of Topliss-reactive ketones (excluding diaryl/α,β-unsaturated/α-hetero) is 1. The molecule has 0 saturated heterocycles. The van der Waals surface area contributed by atoms with Crippen LogP contribution in [0.15, 0.2) is 42.5 Å². The lowest BCUT2D eigenvalue weighted by Gasteiger charge is -2.12. The standard InChI is InChI=1S/C25H29N3O4/c1-16-11-17(2)13-21(12-16)28-24(14-18(3)27-28)26-25(30)7-6-10-32-22-9-8-20(19(4)29)15-23(22)31-5/h8-9,11-15H,6-7,10H2,1-5H3,(H,26,30). The molecule has 168 valence electrons. The van der Waals surface area contributed by atoms with Crippen molar-refractivity contribution >= 4 is 17.5 Å². The molecule has 0 radical (unpaired) electrons. The number of hydrogen-bond donors (Lipinski definition) is 1. The van der Waals surface area contributed by atoms with Crippen LogP contribution in [0.4, 0.5) is 5.82 Å². The average molecular weight is 436 g/mol. The van der Waals surface area contributed by atoms with Crippen molar-refractivity contribution in [2.45, 2.75) is 40.5 Å². The second kappa shape index (κ2) is 10.1. The van der Waals surface area contributed by atoms with E-state index in [1.165, 1.54) is 14.0 Å². The van der Waals surface area contributed by atoms with E-state index >= 15 is 0 Å². The van der Waals surface area contributed by atoms with Crippen molar-refractivity contribution in [3.63, 3.8) is 0 Å². The van der Waals surface area contributed by atoms with Gasteiger partial charge in [0.15, 0.2) is 17.3 Å². The molecule has 7 nitrogen and oxygen atoms in total. The van der Waals surface area contributed by atoms with Crippen LogP contribution >= 0.6 is 0 Å². The van der Waals surface area contributed by atoms with Gasteiger partial charge in [-0.15, -0.1) is 0 Å². The van der Waals surface area contributed by atoms with E-state index < -0.39 is 0 Å². The molecule has 0 aliphatic rings. The van der Waals surface area contributed by atoms with Gasteiger partial charge < -0.3 is 14.8 Å². The van der Waals surface area contributed by atoms with Crippen molar-refractivity contribution in [2.75, 3.05) is 19.0 Å². The van der Waals surface area contributed by atoms with Crippen molar-refractivity contribution in [2.24, 2.45) is 0 Å². The molecule has 0 aliphatic carbocycles. The number of carbonyl (C=O) groups is 2. The molecule has 0 spiro atoms. The molecule has 3 rings (SSSR count). The minimum atomic E-state index is -0.113. The first-order valence-corrected chi connectivity index (χ1v) is 10.5. The SMILES string of the molecule is COc1cc(C(C)=O)ccc1OCCCC(=O)Nc1cc(C)nn1-c1cc(C)cc(C)c1. The fourth-order valence-corrected chi connectivity index (χ4v) is 3.48. The Morgan fingerprint density at radius 3 is 2.38 bits per heavy atom. The number of ether oxygens (including phenoxy) is 2. The zero-order valence-electron chi connectivity index (χ0n) is 19.2. The van der Waals surface area contributed by atoms with E-state index in [0.29, 0.717) is 42.3 Å². The van der Waals surface area contributed by atoms with Crippen LogP contribution in [0.1, 0.15) is 46.9 Å². The van der Waals surface area contributed by atoms with Gasteiger partial charge in [-0.3, -0.25) is 9.59 Å². The number of rotatable bonds is 9. The van der Waals surface area contributed by atoms with E-state index in [1.807, 2.05) is 39.0 Å². The molecule has 32 heavy (non-hydrogen) atoms. The van der Waals surface area contributed by atoms with Crippen LogP contribution in [-0.2, 0) is 4.79 Å². The Morgan fingerprint density at radius 1 is 1.00 bits per heavy atom. The predicted molar refractivity (Wildman–Crippen MR) is 124 cm³/mol. The number of ketones is 1. The molecular weight excluding hydrogens is 406 g/mol. The molecule has 0 fully saturated rings. The van der Waals surface area contributed by atoms with Crippen LogP contribution in [0, 0.1) is 20.8 Å². The Kier molecular flexibility index (Phi) is 7.30. The summed E-state index contributed by atoms with van der Waals surface area (Å²) in [5.74, 6) is 1.52. The molecule has 0 aliphatic heterocycles. The molecule has 1 amide bonds. The molecule has 2 aromatic carbocycles. The predicted octanol–water partition coefficient (Wildman–Crippen LogP) is 4.81. The molecule has 0 atom stereocenters. The van der Waals surface area contributed by atoms with E-state index in [1.54, 1.807) is 22.9 Å². The fraction of sp³-hybridized carbons (Fsp3) is 0.320. The van der Waals surface area contributed by atoms with Gasteiger partial charge in [-0.1, -0.05) is 6.07 Å². The Morgan fingerprint density at radius 2 is 1.72 bits per heavy atom. The first kappa shape index (κ1) is 23.1. The van der Waals surface area contributed by atoms with E-state index in [-0.39, 0.29) is 11.7 Å². The number of nitrogens with zero attached hydrogens (tertiary/aromatic N) is 2. The number of carbonyl (C=O) groups excluding carboxylic acids is 2. The van der Waals surface area contributed by atoms with E-state index in [2.05, 4.69) is 16.5 Å². The highest BCUT2D eigenvalue weighted by atomic mass is 16.5. The molecule has 1 aromatic heterocycles. The average Bonchev–Trinajstić information content (AvgIpc) is 3.10. The smallest absolute Gasteiger partial charge is 0.225 e. The van der Waals surface area contributed by atoms with Crippen LogP contribution in [-0.4, -0.2) is 35.2 Å². The Balaban J connectivity index is 1.58. The van der Waals surface area contributed by atoms with Crippen LogP contribution in [0.5, 0.6) is 11.5 Å². The highest BCUT2D eigenvalue weighted by molar-refractivity contribution is 5.94. The monoisotopic (exact) mass is 435 g/mol. The van der Waals surface area contributed by atoms with Gasteiger partial charge in [0.2, 0.25) is 5.91 Å². The first-order chi connectivity index (χ1) is 15.3. The summed E-state index contributed by atoms with van der Waals surface area (Å²) in [6.45, 7) is 7.81. The van der Waals surface area contributed by atoms with Crippen LogP contribution in [0.2, 0.25) is 0 Å². The van der Waals surface area contributed by atoms with Gasteiger partial charge in [0.05, 0.1) is 25.1 Å². The van der Waals surface area contributed by atoms with E-state index in [4.69, 9.17) is 9.47 Å². The summed E-state index contributed by atoms with van der Waals surface area (Å²) in [5.41, 5.74) is 4.56. The Hall–Kier alpha value is -3.61. The third kappa shape index (κ3) is 5.75. The van der Waals surface area contributed by atoms with Gasteiger partial charge in [0.1, 0.15) is 5.82 Å². The summed E-state index contributed by atoms with van der Waals surface area (Å²) in [4.78, 5) is 24.0. The summed E-state index contributed by atoms with van der Waals surface area (Å²) < 4.78 is 12.8. The lowest BCUT2D eigenvalue weighted by atomic mass is 10.1. The molecule has 7 heteroatoms. The second-order valence-corrected chi connectivity index (χ2v) is 7.85. The topological polar surface area (TPSA) is 82.4 Å². The third-order valence-corrected chi connectivity index (χ3v) is 4.93. The maximum Gasteiger partial charge on any atom is 0.225 e. The third-order valence-electron chi connectivity index (χ3n) is 4.93. The van der Waals surface area contributed by atoms with Gasteiger partial charge in [0.25, 0.3) is 0 Å². The zero-order valence-corrected chi connectivity index (χ0v) is 19.2. The Bertz CT molecular complexity index is 1110. The number of hydrogen-bond acceptors (Lipinski definition) is 5. The summed E-state index contributed by atoms with van der Waals surface area (Å²) in [7, 11) is 1.53. The second-order valence-electron chi connectivity index (χ2n) is 7.85. The normalized spacial score (nSPS) is 10.7. The van der Waals surface area contributed by atoms with Crippen molar-refractivity contribution in [1.29, 1.82) is 0 Å². The van der Waals surface area contributed by atoms with Gasteiger partial charge >= 0.3 is 0 Å². The van der Waals surface area contributed by atoms with Crippen LogP contribution in [0.25, 0.3) is 5.69 Å². The quantitative estimate of drug-likeness (QED) is 0.385. The molecule has 0 bridgehead atoms. The van der Waals surface area contributed by atoms with Gasteiger partial charge in [0, 0.05) is 18.1 Å². The minimum Gasteiger partial charge on any atom is -0.493 e. The van der Waals surface area contributed by atoms with Crippen molar-refractivity contribution in [3.05, 3.63) is 64.8 Å². The molecule has 1 heterocycles. The molecule has 1 N–H and O–H groups in total. The largest absolute Gasteiger partial charge is 0.493 e. The highest BCUT2D eigenvalue weighted by Crippen LogP contribution is 2.28. The van der Waals surface area contributed by atoms with Crippen molar-refractivity contribution in [1.82, 2.24) is 9.78 Å². The lowest BCUT2D eigenvalue weighted by molar-refractivity contribution is -0.116. The summed E-state index contributed by atoms with van der Waals surface area (Å²) in [6.07, 6.45) is 0.824. The number of anilines is 1. The first-order valence-electron chi connectivity index (χ1n) is 10.5. The van der Waals surface area contributed by atoms with Crippen LogP contribution in [0.3, 0.4) is 0 Å². The van der Waals surface area contributed by atoms with Crippen molar-refractivity contribution < 1.29 is 19.1 Å². The van der Waals surface area contributed by atoms with Crippen molar-refractivity contribution in [3.8, 4) is 17.2 Å². The summed E-state index contributed by atoms with van der Waals surface area (Å²) in [6, 6.07) is 13.1. The zero-order chi connectivity index (χ0) is 23.3. The lowest BCUT2D eigenvalue weighted by Crippen LogP contribution is -2.16. The summed E-state index contributed by atoms with van der Waals surface area (Å²) in [5, 5.41) is 7.48. The number of methoxy groups -OCH3 is 1. The van der Waals surface area contributed by atoms with Gasteiger partial charge in [-0.25, -0.2) is 4.68 Å². The minimum absolute atomic E-state index is 0.0400. The molecule has 0 saturated carbocycles. The summed E-state index contributed by atoms with van der Waals surface area (Å²) >= 11 is 0. The number of aryl methyl sites for hydroxylation is 3. The molecule has 3 aromatic rings. The highest BCUT2D eigenvalue weighted by Gasteiger charge is 2.13. The number of aromatic nitrogens is 2. The number of amides is 1. The molecule has 0 unspecified atom stereocenters. The van der Waals surface area contributed by atoms with E-state index in [9.17, 15) is 9.59 Å². The Labute approximate surface area is 188 Å². The van der Waals surface area contributed by atoms with Gasteiger partial charge in [-0.05, 0) is 75.6 Å². The van der Waals surface area contributed by atoms with Gasteiger partial charge in [-0.2, -0.15) is 5.10 Å². The fourth-order valence-electron chi connectivity index (χ4n) is 3.48. The molecular formula is C25H29N3O4. The number of nitrogens with one attached hydrogen (secondary N) is 1. The maximum atomic E-state index is 12.5. The maximum absolute atomic E-state index is 12.5. The number of benzene rings is 2. The van der Waals surface area contributed by atoms with E-state index in [0.717, 1.165) is 22.5 Å².